The first-order chi connectivity index (χ1) is 9.96. The molecule has 0 aromatic heterocycles. The van der Waals surface area contributed by atoms with E-state index in [9.17, 15) is 70.2 Å². The molecule has 1 atom stereocenters. The molecule has 0 spiro atoms. The van der Waals surface area contributed by atoms with Gasteiger partial charge in [0, 0.05) is 0 Å². The van der Waals surface area contributed by atoms with Gasteiger partial charge in [-0.25, -0.2) is 13.5 Å². The second kappa shape index (κ2) is 5.42. The molecule has 17 heteroatoms. The lowest BCUT2D eigenvalue weighted by Gasteiger charge is -2.44. The predicted molar refractivity (Wildman–Crippen MR) is 37.9 cm³/mol. The number of ether oxygens (including phenoxy) is 1. The third kappa shape index (κ3) is 3.30. The highest BCUT2D eigenvalue weighted by molar-refractivity contribution is 5.13. The molecule has 0 heterocycles. The Kier molecular flexibility index (Phi) is 5.16. The molecule has 0 aliphatic heterocycles. The Hall–Kier alpha value is -1.16. The van der Waals surface area contributed by atoms with Crippen LogP contribution in [0.25, 0.3) is 0 Å². The van der Waals surface area contributed by atoms with Gasteiger partial charge in [0.2, 0.25) is 0 Å². The molecule has 0 bridgehead atoms. The van der Waals surface area contributed by atoms with Crippen molar-refractivity contribution in [2.24, 2.45) is 0 Å². The van der Waals surface area contributed by atoms with Crippen LogP contribution in [-0.2, 0) is 4.74 Å². The van der Waals surface area contributed by atoms with Crippen LogP contribution in [0.3, 0.4) is 0 Å². The molecule has 0 amide bonds. The van der Waals surface area contributed by atoms with Gasteiger partial charge in [-0.3, -0.25) is 0 Å². The van der Waals surface area contributed by atoms with Crippen LogP contribution in [0.15, 0.2) is 0 Å². The molecule has 0 aliphatic rings. The molecule has 0 aromatic rings. The van der Waals surface area contributed by atoms with E-state index in [2.05, 4.69) is 0 Å². The molecule has 0 radical (unpaired) electrons. The Morgan fingerprint density at radius 1 is 0.417 bits per heavy atom. The lowest BCUT2D eigenvalue weighted by Crippen LogP contribution is -2.76. The Morgan fingerprint density at radius 2 is 0.708 bits per heavy atom. The maximum Gasteiger partial charge on any atom is 0.525 e. The number of hydrogen-bond donors (Lipinski definition) is 0. The second-order valence-electron chi connectivity index (χ2n) is 3.87. The average Bonchev–Trinajstić information content (AvgIpc) is 2.19. The van der Waals surface area contributed by atoms with Gasteiger partial charge in [-0.1, -0.05) is 0 Å². The largest absolute Gasteiger partial charge is 0.525 e. The summed E-state index contributed by atoms with van der Waals surface area (Å²) >= 11 is 0. The van der Waals surface area contributed by atoms with Gasteiger partial charge < -0.3 is 0 Å². The molecule has 1 nitrogen and oxygen atoms in total. The number of hydrogen-bond acceptors (Lipinski definition) is 1. The van der Waals surface area contributed by atoms with Crippen LogP contribution in [0.4, 0.5) is 70.2 Å². The average molecular weight is 404 g/mol. The zero-order valence-corrected chi connectivity index (χ0v) is 9.96. The molecule has 0 aliphatic carbocycles. The molecular weight excluding hydrogens is 404 g/mol. The SMILES string of the molecule is FC(F)(F)OC(F)(C(F)(F)C(F)(F)F)C(F)(C(F)(F)F)C(F)(F)F. The first-order valence-electron chi connectivity index (χ1n) is 4.68. The Labute approximate surface area is 119 Å². The number of halogens is 16. The highest BCUT2D eigenvalue weighted by Crippen LogP contribution is 2.62. The van der Waals surface area contributed by atoms with Crippen molar-refractivity contribution in [1.29, 1.82) is 0 Å². The summed E-state index contributed by atoms with van der Waals surface area (Å²) in [7, 11) is 0. The first-order valence-corrected chi connectivity index (χ1v) is 4.68. The predicted octanol–water partition coefficient (Wildman–Crippen LogP) is 5.22. The van der Waals surface area contributed by atoms with E-state index in [1.165, 1.54) is 0 Å². The molecule has 0 fully saturated rings. The fraction of sp³-hybridized carbons (Fsp3) is 1.00. The van der Waals surface area contributed by atoms with Crippen LogP contribution in [0.1, 0.15) is 0 Å². The fourth-order valence-electron chi connectivity index (χ4n) is 1.22. The standard InChI is InChI=1S/C7F16O/c8-1(4(12,13)14,5(15,16)17)3(11,24-7(21,22)23)2(9,10)6(18,19)20. The van der Waals surface area contributed by atoms with E-state index in [1.54, 1.807) is 0 Å². The maximum atomic E-state index is 13.4. The molecule has 1 unspecified atom stereocenters. The Morgan fingerprint density at radius 3 is 0.875 bits per heavy atom. The second-order valence-corrected chi connectivity index (χ2v) is 3.87. The van der Waals surface area contributed by atoms with Gasteiger partial charge in [0.15, 0.2) is 0 Å². The first kappa shape index (κ1) is 22.8. The molecule has 0 rings (SSSR count). The molecule has 146 valence electrons. The van der Waals surface area contributed by atoms with Crippen LogP contribution >= 0.6 is 0 Å². The minimum absolute atomic E-state index is 1.08. The fourth-order valence-corrected chi connectivity index (χ4v) is 1.22. The van der Waals surface area contributed by atoms with Crippen molar-refractivity contribution in [3.05, 3.63) is 0 Å². The van der Waals surface area contributed by atoms with E-state index in [1.807, 2.05) is 0 Å². The quantitative estimate of drug-likeness (QED) is 0.587. The minimum Gasteiger partial charge on any atom is -0.244 e. The summed E-state index contributed by atoms with van der Waals surface area (Å²) in [6, 6.07) is 0. The van der Waals surface area contributed by atoms with E-state index in [0.717, 1.165) is 4.74 Å². The van der Waals surface area contributed by atoms with Crippen LogP contribution in [0, 0.1) is 0 Å². The summed E-state index contributed by atoms with van der Waals surface area (Å²) in [5, 5.41) is 0. The van der Waals surface area contributed by atoms with E-state index in [0.29, 0.717) is 0 Å². The summed E-state index contributed by atoms with van der Waals surface area (Å²) in [5.41, 5.74) is -8.40. The molecule has 0 saturated heterocycles. The number of alkyl halides is 16. The summed E-state index contributed by atoms with van der Waals surface area (Å²) < 4.78 is 196. The maximum absolute atomic E-state index is 13.4. The van der Waals surface area contributed by atoms with Crippen molar-refractivity contribution in [3.8, 4) is 0 Å². The van der Waals surface area contributed by atoms with Gasteiger partial charge >= 0.3 is 42.3 Å². The van der Waals surface area contributed by atoms with Gasteiger partial charge in [-0.2, -0.15) is 48.3 Å². The smallest absolute Gasteiger partial charge is 0.244 e. The van der Waals surface area contributed by atoms with Crippen LogP contribution < -0.4 is 0 Å². The van der Waals surface area contributed by atoms with Gasteiger partial charge in [0.1, 0.15) is 0 Å². The molecule has 0 saturated carbocycles. The Bertz CT molecular complexity index is 435. The van der Waals surface area contributed by atoms with Crippen molar-refractivity contribution in [1.82, 2.24) is 0 Å². The van der Waals surface area contributed by atoms with E-state index in [4.69, 9.17) is 0 Å². The van der Waals surface area contributed by atoms with Crippen LogP contribution in [0.5, 0.6) is 0 Å². The van der Waals surface area contributed by atoms with Crippen LogP contribution in [-0.4, -0.2) is 42.3 Å². The van der Waals surface area contributed by atoms with Gasteiger partial charge in [-0.15, -0.1) is 13.2 Å². The third-order valence-corrected chi connectivity index (χ3v) is 2.24. The topological polar surface area (TPSA) is 9.23 Å². The molecular formula is C7F16O. The zero-order valence-electron chi connectivity index (χ0n) is 9.96. The van der Waals surface area contributed by atoms with Crippen molar-refractivity contribution in [2.75, 3.05) is 0 Å². The molecule has 0 aromatic carbocycles. The highest BCUT2D eigenvalue weighted by atomic mass is 19.4. The highest BCUT2D eigenvalue weighted by Gasteiger charge is 2.95. The Balaban J connectivity index is 6.96. The van der Waals surface area contributed by atoms with Gasteiger partial charge in [0.05, 0.1) is 0 Å². The van der Waals surface area contributed by atoms with E-state index >= 15 is 0 Å². The monoisotopic (exact) mass is 404 g/mol. The van der Waals surface area contributed by atoms with Crippen molar-refractivity contribution in [2.45, 2.75) is 42.3 Å². The lowest BCUT2D eigenvalue weighted by molar-refractivity contribution is -0.526. The van der Waals surface area contributed by atoms with Crippen LogP contribution in [0.2, 0.25) is 0 Å². The van der Waals surface area contributed by atoms with E-state index in [-0.39, 0.29) is 0 Å². The van der Waals surface area contributed by atoms with Gasteiger partial charge in [-0.05, 0) is 0 Å². The lowest BCUT2D eigenvalue weighted by atomic mass is 9.88. The normalized spacial score (nSPS) is 18.5. The minimum atomic E-state index is -8.40. The van der Waals surface area contributed by atoms with Gasteiger partial charge in [0.25, 0.3) is 0 Å². The van der Waals surface area contributed by atoms with E-state index < -0.39 is 42.3 Å². The summed E-state index contributed by atoms with van der Waals surface area (Å²) in [4.78, 5) is 0. The van der Waals surface area contributed by atoms with Crippen molar-refractivity contribution in [3.63, 3.8) is 0 Å². The summed E-state index contributed by atoms with van der Waals surface area (Å²) in [6.07, 6.45) is -31.2. The number of rotatable bonds is 3. The molecule has 0 N–H and O–H groups in total. The summed E-state index contributed by atoms with van der Waals surface area (Å²) in [5.74, 6) is -16.5. The van der Waals surface area contributed by atoms with Crippen molar-refractivity contribution >= 4 is 0 Å². The third-order valence-electron chi connectivity index (χ3n) is 2.24. The van der Waals surface area contributed by atoms with Crippen molar-refractivity contribution < 1.29 is 75.0 Å². The summed E-state index contributed by atoms with van der Waals surface area (Å²) in [6.45, 7) is 0. The zero-order chi connectivity index (χ0) is 20.2. The molecule has 24 heavy (non-hydrogen) atoms.